The highest BCUT2D eigenvalue weighted by Crippen LogP contribution is 2.38. The number of furan rings is 1. The van der Waals surface area contributed by atoms with E-state index in [0.29, 0.717) is 17.0 Å². The summed E-state index contributed by atoms with van der Waals surface area (Å²) in [6, 6.07) is 0.353. The number of rotatable bonds is 3. The van der Waals surface area contributed by atoms with Crippen molar-refractivity contribution in [2.75, 3.05) is 13.1 Å². The van der Waals surface area contributed by atoms with Crippen molar-refractivity contribution >= 4 is 16.8 Å². The summed E-state index contributed by atoms with van der Waals surface area (Å²) in [5.74, 6) is -1.18. The second-order valence-corrected chi connectivity index (χ2v) is 5.77. The van der Waals surface area contributed by atoms with E-state index in [1.165, 1.54) is 12.5 Å². The number of hydrogen-bond donors (Lipinski definition) is 2. The van der Waals surface area contributed by atoms with Crippen molar-refractivity contribution in [1.82, 2.24) is 20.1 Å². The molecule has 4 rings (SSSR count). The van der Waals surface area contributed by atoms with Crippen LogP contribution in [0.25, 0.3) is 22.1 Å². The Labute approximate surface area is 136 Å². The van der Waals surface area contributed by atoms with Crippen molar-refractivity contribution in [2.24, 2.45) is 0 Å². The van der Waals surface area contributed by atoms with Crippen LogP contribution in [0.2, 0.25) is 0 Å². The maximum Gasteiger partial charge on any atom is 0.410 e. The fourth-order valence-corrected chi connectivity index (χ4v) is 3.07. The fourth-order valence-electron chi connectivity index (χ4n) is 3.07. The molecule has 3 aromatic heterocycles. The Balaban J connectivity index is 1.73. The van der Waals surface area contributed by atoms with Crippen LogP contribution in [0.3, 0.4) is 0 Å². The van der Waals surface area contributed by atoms with Gasteiger partial charge in [-0.2, -0.15) is 5.10 Å². The van der Waals surface area contributed by atoms with Crippen molar-refractivity contribution in [3.63, 3.8) is 0 Å². The van der Waals surface area contributed by atoms with E-state index in [1.807, 2.05) is 10.9 Å². The molecule has 24 heavy (non-hydrogen) atoms. The van der Waals surface area contributed by atoms with Gasteiger partial charge in [-0.05, 0) is 35.8 Å². The minimum absolute atomic E-state index is 0.0568. The van der Waals surface area contributed by atoms with E-state index in [-0.39, 0.29) is 5.58 Å². The number of fused-ring (bicyclic) bond motifs is 1. The molecule has 1 fully saturated rings. The van der Waals surface area contributed by atoms with E-state index in [4.69, 9.17) is 4.42 Å². The van der Waals surface area contributed by atoms with Gasteiger partial charge in [-0.15, -0.1) is 0 Å². The Hall–Kier alpha value is -2.94. The molecule has 0 bridgehead atoms. The lowest BCUT2D eigenvalue weighted by Gasteiger charge is -2.22. The molecule has 2 N–H and O–H groups in total. The maximum atomic E-state index is 10.8. The molecule has 0 atom stereocenters. The lowest BCUT2D eigenvalue weighted by atomic mass is 10.1. The summed E-state index contributed by atoms with van der Waals surface area (Å²) in [5.41, 5.74) is 1.58. The SMILES string of the molecule is O=[N+]([O-])c1ncc2c(-c3cnn(C4CCNCC4)c3)coc2c1O. The largest absolute Gasteiger partial charge is 0.498 e. The minimum Gasteiger partial charge on any atom is -0.498 e. The second-order valence-electron chi connectivity index (χ2n) is 5.77. The molecule has 124 valence electrons. The van der Waals surface area contributed by atoms with Gasteiger partial charge in [0.2, 0.25) is 0 Å². The van der Waals surface area contributed by atoms with Crippen molar-refractivity contribution in [1.29, 1.82) is 0 Å². The third-order valence-corrected chi connectivity index (χ3v) is 4.34. The van der Waals surface area contributed by atoms with Crippen molar-refractivity contribution in [3.8, 4) is 16.9 Å². The van der Waals surface area contributed by atoms with Gasteiger partial charge in [-0.25, -0.2) is 0 Å². The first-order valence-electron chi connectivity index (χ1n) is 7.64. The third-order valence-electron chi connectivity index (χ3n) is 4.34. The van der Waals surface area contributed by atoms with Crippen molar-refractivity contribution in [3.05, 3.63) is 35.0 Å². The summed E-state index contributed by atoms with van der Waals surface area (Å²) in [6.45, 7) is 1.94. The van der Waals surface area contributed by atoms with Crippen LogP contribution in [0.15, 0.2) is 29.3 Å². The van der Waals surface area contributed by atoms with Crippen molar-refractivity contribution < 1.29 is 14.4 Å². The van der Waals surface area contributed by atoms with Crippen LogP contribution in [0.4, 0.5) is 5.82 Å². The van der Waals surface area contributed by atoms with Crippen LogP contribution in [-0.4, -0.2) is 37.9 Å². The Morgan fingerprint density at radius 2 is 2.17 bits per heavy atom. The number of aromatic nitrogens is 3. The van der Waals surface area contributed by atoms with Gasteiger partial charge >= 0.3 is 5.82 Å². The fraction of sp³-hybridized carbons (Fsp3) is 0.333. The van der Waals surface area contributed by atoms with E-state index >= 15 is 0 Å². The number of aromatic hydroxyl groups is 1. The molecule has 0 spiro atoms. The molecule has 9 nitrogen and oxygen atoms in total. The van der Waals surface area contributed by atoms with Gasteiger partial charge in [-0.3, -0.25) is 4.68 Å². The molecule has 0 unspecified atom stereocenters. The summed E-state index contributed by atoms with van der Waals surface area (Å²) in [6.07, 6.45) is 8.49. The molecule has 0 aliphatic carbocycles. The highest BCUT2D eigenvalue weighted by atomic mass is 16.6. The highest BCUT2D eigenvalue weighted by Gasteiger charge is 2.24. The average molecular weight is 329 g/mol. The molecule has 1 saturated heterocycles. The minimum atomic E-state index is -0.744. The Kier molecular flexibility index (Phi) is 3.42. The van der Waals surface area contributed by atoms with Gasteiger partial charge in [-0.1, -0.05) is 0 Å². The molecular formula is C15H15N5O4. The van der Waals surface area contributed by atoms with E-state index in [0.717, 1.165) is 31.5 Å². The second kappa shape index (κ2) is 5.60. The molecule has 0 radical (unpaired) electrons. The number of nitrogens with one attached hydrogen (secondary N) is 1. The van der Waals surface area contributed by atoms with Gasteiger partial charge in [0, 0.05) is 17.3 Å². The van der Waals surface area contributed by atoms with E-state index in [9.17, 15) is 15.2 Å². The monoisotopic (exact) mass is 329 g/mol. The highest BCUT2D eigenvalue weighted by molar-refractivity contribution is 5.97. The lowest BCUT2D eigenvalue weighted by Crippen LogP contribution is -2.29. The number of pyridine rings is 1. The normalized spacial score (nSPS) is 15.8. The van der Waals surface area contributed by atoms with Gasteiger partial charge in [0.15, 0.2) is 11.8 Å². The number of nitro groups is 1. The molecule has 9 heteroatoms. The molecule has 0 aromatic carbocycles. The first kappa shape index (κ1) is 14.6. The lowest BCUT2D eigenvalue weighted by molar-refractivity contribution is -0.390. The number of nitrogens with zero attached hydrogens (tertiary/aromatic N) is 4. The summed E-state index contributed by atoms with van der Waals surface area (Å²) in [4.78, 5) is 13.8. The van der Waals surface area contributed by atoms with E-state index in [1.54, 1.807) is 6.20 Å². The molecule has 3 aromatic rings. The summed E-state index contributed by atoms with van der Waals surface area (Å²) < 4.78 is 7.28. The smallest absolute Gasteiger partial charge is 0.410 e. The van der Waals surface area contributed by atoms with Crippen LogP contribution in [-0.2, 0) is 0 Å². The zero-order chi connectivity index (χ0) is 16.7. The molecule has 1 aliphatic heterocycles. The predicted octanol–water partition coefficient (Wildman–Crippen LogP) is 2.23. The topological polar surface area (TPSA) is 119 Å². The van der Waals surface area contributed by atoms with Crippen LogP contribution in [0, 0.1) is 10.1 Å². The quantitative estimate of drug-likeness (QED) is 0.558. The Morgan fingerprint density at radius 3 is 2.92 bits per heavy atom. The van der Waals surface area contributed by atoms with Crippen LogP contribution in [0.5, 0.6) is 5.75 Å². The van der Waals surface area contributed by atoms with Gasteiger partial charge in [0.05, 0.1) is 17.6 Å². The predicted molar refractivity (Wildman–Crippen MR) is 84.7 cm³/mol. The van der Waals surface area contributed by atoms with E-state index < -0.39 is 16.5 Å². The Bertz CT molecular complexity index is 910. The summed E-state index contributed by atoms with van der Waals surface area (Å²) >= 11 is 0. The number of hydrogen-bond acceptors (Lipinski definition) is 7. The standard InChI is InChI=1S/C15H15N5O4/c21-13-14-11(6-17-15(13)20(22)23)12(8-24-14)9-5-18-19(7-9)10-1-3-16-4-2-10/h5-8,10,16,21H,1-4H2. The zero-order valence-electron chi connectivity index (χ0n) is 12.7. The van der Waals surface area contributed by atoms with E-state index in [2.05, 4.69) is 15.4 Å². The first-order valence-corrected chi connectivity index (χ1v) is 7.64. The summed E-state index contributed by atoms with van der Waals surface area (Å²) in [7, 11) is 0. The molecule has 0 saturated carbocycles. The molecule has 4 heterocycles. The van der Waals surface area contributed by atoms with Gasteiger partial charge in [0.25, 0.3) is 5.75 Å². The molecule has 0 amide bonds. The van der Waals surface area contributed by atoms with Crippen LogP contribution < -0.4 is 5.32 Å². The maximum absolute atomic E-state index is 10.8. The number of piperidine rings is 1. The Morgan fingerprint density at radius 1 is 1.38 bits per heavy atom. The van der Waals surface area contributed by atoms with Crippen LogP contribution >= 0.6 is 0 Å². The van der Waals surface area contributed by atoms with Crippen LogP contribution in [0.1, 0.15) is 18.9 Å². The molecular weight excluding hydrogens is 314 g/mol. The molecule has 1 aliphatic rings. The summed E-state index contributed by atoms with van der Waals surface area (Å²) in [5, 5.41) is 29.1. The first-order chi connectivity index (χ1) is 11.6. The average Bonchev–Trinajstić information content (AvgIpc) is 3.22. The van der Waals surface area contributed by atoms with Crippen molar-refractivity contribution in [2.45, 2.75) is 18.9 Å². The third kappa shape index (κ3) is 2.29. The van der Waals surface area contributed by atoms with Gasteiger partial charge < -0.3 is 25.0 Å². The van der Waals surface area contributed by atoms with Gasteiger partial charge in [0.1, 0.15) is 6.26 Å². The zero-order valence-corrected chi connectivity index (χ0v) is 12.7.